The fourth-order valence-corrected chi connectivity index (χ4v) is 2.18. The van der Waals surface area contributed by atoms with Gasteiger partial charge in [0.2, 0.25) is 11.6 Å². The highest BCUT2D eigenvalue weighted by Crippen LogP contribution is 2.45. The van der Waals surface area contributed by atoms with Crippen LogP contribution in [0.5, 0.6) is 17.2 Å². The van der Waals surface area contributed by atoms with Crippen LogP contribution >= 0.6 is 0 Å². The number of nitrogen functional groups attached to an aromatic ring is 1. The van der Waals surface area contributed by atoms with Gasteiger partial charge in [0.1, 0.15) is 19.0 Å². The molecule has 3 rings (SSSR count). The number of nitrogens with zero attached hydrogens (tertiary/aromatic N) is 2. The monoisotopic (exact) mass is 279 g/mol. The number of methoxy groups -OCH3 is 1. The van der Waals surface area contributed by atoms with Gasteiger partial charge in [0.05, 0.1) is 13.3 Å². The molecule has 6 nitrogen and oxygen atoms in total. The molecule has 1 aliphatic heterocycles. The summed E-state index contributed by atoms with van der Waals surface area (Å²) in [4.78, 5) is 0. The highest BCUT2D eigenvalue weighted by atomic mass is 19.1. The first-order valence-electron chi connectivity index (χ1n) is 6.07. The summed E-state index contributed by atoms with van der Waals surface area (Å²) in [6.07, 6.45) is 1.56. The Kier molecular flexibility index (Phi) is 2.89. The zero-order valence-corrected chi connectivity index (χ0v) is 11.1. The average molecular weight is 279 g/mol. The molecule has 2 N–H and O–H groups in total. The Balaban J connectivity index is 2.25. The first-order chi connectivity index (χ1) is 9.63. The average Bonchev–Trinajstić information content (AvgIpc) is 2.79. The standard InChI is InChI=1S/C13H14FN3O3/c1-17-13(15)8(6-16-17)7-5-9-12(20-4-3-19-9)10(14)11(7)18-2/h5-6H,3-4,15H2,1-2H3. The molecule has 7 heteroatoms. The Bertz CT molecular complexity index is 669. The van der Waals surface area contributed by atoms with Crippen molar-refractivity contribution in [2.24, 2.45) is 7.05 Å². The Hall–Kier alpha value is -2.44. The molecule has 0 saturated heterocycles. The molecular formula is C13H14FN3O3. The van der Waals surface area contributed by atoms with Crippen molar-refractivity contribution in [3.63, 3.8) is 0 Å². The van der Waals surface area contributed by atoms with E-state index in [0.717, 1.165) is 0 Å². The number of anilines is 1. The van der Waals surface area contributed by atoms with E-state index in [-0.39, 0.29) is 11.5 Å². The summed E-state index contributed by atoms with van der Waals surface area (Å²) in [5.74, 6) is 0.295. The summed E-state index contributed by atoms with van der Waals surface area (Å²) in [6, 6.07) is 1.66. The molecule has 2 aromatic rings. The number of hydrogen-bond acceptors (Lipinski definition) is 5. The minimum absolute atomic E-state index is 0.0638. The molecule has 0 radical (unpaired) electrons. The number of benzene rings is 1. The summed E-state index contributed by atoms with van der Waals surface area (Å²) in [7, 11) is 3.10. The van der Waals surface area contributed by atoms with Gasteiger partial charge in [0, 0.05) is 18.2 Å². The van der Waals surface area contributed by atoms with Crippen molar-refractivity contribution >= 4 is 5.82 Å². The summed E-state index contributed by atoms with van der Waals surface area (Å²) < 4.78 is 31.8. The molecule has 1 aliphatic rings. The van der Waals surface area contributed by atoms with E-state index in [1.165, 1.54) is 11.8 Å². The van der Waals surface area contributed by atoms with Gasteiger partial charge in [-0.25, -0.2) is 0 Å². The van der Waals surface area contributed by atoms with Crippen LogP contribution in [-0.4, -0.2) is 30.1 Å². The first kappa shape index (κ1) is 12.6. The second kappa shape index (κ2) is 4.59. The van der Waals surface area contributed by atoms with E-state index >= 15 is 0 Å². The molecule has 106 valence electrons. The number of aryl methyl sites for hydroxylation is 1. The Labute approximate surface area is 114 Å². The van der Waals surface area contributed by atoms with Gasteiger partial charge in [-0.05, 0) is 6.07 Å². The second-order valence-corrected chi connectivity index (χ2v) is 4.36. The van der Waals surface area contributed by atoms with Crippen LogP contribution < -0.4 is 19.9 Å². The maximum Gasteiger partial charge on any atom is 0.211 e. The van der Waals surface area contributed by atoms with Crippen LogP contribution in [0.3, 0.4) is 0 Å². The molecule has 2 heterocycles. The van der Waals surface area contributed by atoms with Crippen LogP contribution in [0.4, 0.5) is 10.2 Å². The molecular weight excluding hydrogens is 265 g/mol. The third-order valence-electron chi connectivity index (χ3n) is 3.21. The lowest BCUT2D eigenvalue weighted by atomic mass is 10.1. The molecule has 0 unspecified atom stereocenters. The van der Waals surface area contributed by atoms with E-state index in [1.54, 1.807) is 19.3 Å². The lowest BCUT2D eigenvalue weighted by molar-refractivity contribution is 0.162. The molecule has 1 aromatic carbocycles. The summed E-state index contributed by atoms with van der Waals surface area (Å²) >= 11 is 0. The lowest BCUT2D eigenvalue weighted by Crippen LogP contribution is -2.17. The van der Waals surface area contributed by atoms with Crippen molar-refractivity contribution in [2.45, 2.75) is 0 Å². The topological polar surface area (TPSA) is 71.5 Å². The smallest absolute Gasteiger partial charge is 0.211 e. The third kappa shape index (κ3) is 1.74. The van der Waals surface area contributed by atoms with Crippen LogP contribution in [0, 0.1) is 5.82 Å². The van der Waals surface area contributed by atoms with Crippen molar-refractivity contribution < 1.29 is 18.6 Å². The minimum Gasteiger partial charge on any atom is -0.493 e. The van der Waals surface area contributed by atoms with E-state index in [9.17, 15) is 4.39 Å². The minimum atomic E-state index is -0.594. The number of rotatable bonds is 2. The zero-order chi connectivity index (χ0) is 14.3. The molecule has 0 aliphatic carbocycles. The summed E-state index contributed by atoms with van der Waals surface area (Å²) in [5.41, 5.74) is 7.00. The fourth-order valence-electron chi connectivity index (χ4n) is 2.18. The van der Waals surface area contributed by atoms with Gasteiger partial charge in [0.25, 0.3) is 0 Å². The van der Waals surface area contributed by atoms with E-state index in [4.69, 9.17) is 19.9 Å². The van der Waals surface area contributed by atoms with Gasteiger partial charge in [-0.3, -0.25) is 4.68 Å². The van der Waals surface area contributed by atoms with Gasteiger partial charge in [-0.2, -0.15) is 9.49 Å². The molecule has 0 amide bonds. The van der Waals surface area contributed by atoms with Crippen molar-refractivity contribution in [2.75, 3.05) is 26.1 Å². The Morgan fingerprint density at radius 2 is 2.10 bits per heavy atom. The quantitative estimate of drug-likeness (QED) is 0.903. The molecule has 20 heavy (non-hydrogen) atoms. The number of halogens is 1. The van der Waals surface area contributed by atoms with E-state index in [0.29, 0.717) is 35.9 Å². The van der Waals surface area contributed by atoms with E-state index in [2.05, 4.69) is 5.10 Å². The van der Waals surface area contributed by atoms with Crippen molar-refractivity contribution in [3.8, 4) is 28.4 Å². The predicted molar refractivity (Wildman–Crippen MR) is 70.6 cm³/mol. The third-order valence-corrected chi connectivity index (χ3v) is 3.21. The van der Waals surface area contributed by atoms with E-state index in [1.807, 2.05) is 0 Å². The lowest BCUT2D eigenvalue weighted by Gasteiger charge is -2.21. The normalized spacial score (nSPS) is 13.3. The van der Waals surface area contributed by atoms with Gasteiger partial charge >= 0.3 is 0 Å². The SMILES string of the molecule is COc1c(-c2cnn(C)c2N)cc2c(c1F)OCCO2. The maximum absolute atomic E-state index is 14.4. The van der Waals surface area contributed by atoms with Gasteiger partial charge in [-0.1, -0.05) is 0 Å². The van der Waals surface area contributed by atoms with Gasteiger partial charge in [0.15, 0.2) is 11.5 Å². The van der Waals surface area contributed by atoms with Crippen LogP contribution in [0.2, 0.25) is 0 Å². The fraction of sp³-hybridized carbons (Fsp3) is 0.308. The number of fused-ring (bicyclic) bond motifs is 1. The number of aromatic nitrogens is 2. The van der Waals surface area contributed by atoms with E-state index < -0.39 is 5.82 Å². The van der Waals surface area contributed by atoms with Crippen molar-refractivity contribution in [3.05, 3.63) is 18.1 Å². The number of ether oxygens (including phenoxy) is 3. The molecule has 0 saturated carbocycles. The maximum atomic E-state index is 14.4. The molecule has 0 bridgehead atoms. The zero-order valence-electron chi connectivity index (χ0n) is 11.1. The highest BCUT2D eigenvalue weighted by molar-refractivity contribution is 5.81. The number of nitrogens with two attached hydrogens (primary N) is 1. The second-order valence-electron chi connectivity index (χ2n) is 4.36. The van der Waals surface area contributed by atoms with Crippen LogP contribution in [0.15, 0.2) is 12.3 Å². The summed E-state index contributed by atoms with van der Waals surface area (Å²) in [6.45, 7) is 0.683. The largest absolute Gasteiger partial charge is 0.493 e. The summed E-state index contributed by atoms with van der Waals surface area (Å²) in [5, 5.41) is 4.05. The van der Waals surface area contributed by atoms with Crippen LogP contribution in [0.1, 0.15) is 0 Å². The predicted octanol–water partition coefficient (Wildman–Crippen LogP) is 1.59. The number of hydrogen-bond donors (Lipinski definition) is 1. The molecule has 0 atom stereocenters. The molecule has 0 fully saturated rings. The molecule has 1 aromatic heterocycles. The van der Waals surface area contributed by atoms with Gasteiger partial charge in [-0.15, -0.1) is 0 Å². The van der Waals surface area contributed by atoms with Crippen LogP contribution in [-0.2, 0) is 7.05 Å². The van der Waals surface area contributed by atoms with Crippen molar-refractivity contribution in [1.82, 2.24) is 9.78 Å². The van der Waals surface area contributed by atoms with Gasteiger partial charge < -0.3 is 19.9 Å². The molecule has 0 spiro atoms. The highest BCUT2D eigenvalue weighted by Gasteiger charge is 2.26. The Morgan fingerprint density at radius 3 is 2.75 bits per heavy atom. The Morgan fingerprint density at radius 1 is 1.35 bits per heavy atom. The van der Waals surface area contributed by atoms with Crippen LogP contribution in [0.25, 0.3) is 11.1 Å². The first-order valence-corrected chi connectivity index (χ1v) is 6.07. The van der Waals surface area contributed by atoms with Crippen molar-refractivity contribution in [1.29, 1.82) is 0 Å².